The van der Waals surface area contributed by atoms with Crippen LogP contribution in [0.15, 0.2) is 18.2 Å². The summed E-state index contributed by atoms with van der Waals surface area (Å²) in [5.41, 5.74) is 0.130. The summed E-state index contributed by atoms with van der Waals surface area (Å²) in [7, 11) is 1.45. The number of carbonyl (C=O) groups is 1. The van der Waals surface area contributed by atoms with Crippen molar-refractivity contribution < 1.29 is 14.5 Å². The summed E-state index contributed by atoms with van der Waals surface area (Å²) in [6.07, 6.45) is 0.864. The van der Waals surface area contributed by atoms with Crippen LogP contribution in [0.4, 0.5) is 5.69 Å². The van der Waals surface area contributed by atoms with Gasteiger partial charge >= 0.3 is 0 Å². The van der Waals surface area contributed by atoms with Crippen LogP contribution < -0.4 is 10.1 Å². The number of amides is 1. The Hall–Kier alpha value is -2.15. The molecule has 1 N–H and O–H groups in total. The van der Waals surface area contributed by atoms with Crippen LogP contribution >= 0.6 is 0 Å². The van der Waals surface area contributed by atoms with Crippen molar-refractivity contribution >= 4 is 11.6 Å². The molecule has 2 rings (SSSR count). The minimum absolute atomic E-state index is 0.109. The van der Waals surface area contributed by atoms with Gasteiger partial charge in [-0.3, -0.25) is 14.9 Å². The van der Waals surface area contributed by atoms with Crippen LogP contribution in [0.2, 0.25) is 0 Å². The van der Waals surface area contributed by atoms with Gasteiger partial charge in [0.1, 0.15) is 5.75 Å². The van der Waals surface area contributed by atoms with Gasteiger partial charge in [0.25, 0.3) is 11.6 Å². The zero-order valence-electron chi connectivity index (χ0n) is 11.3. The van der Waals surface area contributed by atoms with E-state index in [2.05, 4.69) is 5.32 Å². The van der Waals surface area contributed by atoms with E-state index in [1.54, 1.807) is 4.90 Å². The first kappa shape index (κ1) is 14.3. The molecule has 0 aliphatic carbocycles. The van der Waals surface area contributed by atoms with Gasteiger partial charge in [-0.15, -0.1) is 0 Å². The number of benzene rings is 1. The molecule has 1 fully saturated rings. The fourth-order valence-corrected chi connectivity index (χ4v) is 2.20. The third-order valence-electron chi connectivity index (χ3n) is 3.25. The fourth-order valence-electron chi connectivity index (χ4n) is 2.20. The first-order chi connectivity index (χ1) is 9.63. The van der Waals surface area contributed by atoms with Crippen LogP contribution in [0.25, 0.3) is 0 Å². The number of nitro groups is 1. The Morgan fingerprint density at radius 3 is 2.90 bits per heavy atom. The zero-order chi connectivity index (χ0) is 14.5. The van der Waals surface area contributed by atoms with E-state index in [-0.39, 0.29) is 17.2 Å². The SMILES string of the molecule is COc1ccc([N+](=O)[O-])cc1C(=O)N1CCCNCC1. The number of hydrogen-bond donors (Lipinski definition) is 1. The number of methoxy groups -OCH3 is 1. The predicted molar refractivity (Wildman–Crippen MR) is 73.0 cm³/mol. The third kappa shape index (κ3) is 3.05. The molecule has 0 saturated carbocycles. The predicted octanol–water partition coefficient (Wildman–Crippen LogP) is 1.04. The Morgan fingerprint density at radius 1 is 1.40 bits per heavy atom. The van der Waals surface area contributed by atoms with Crippen LogP contribution in [0, 0.1) is 10.1 Å². The quantitative estimate of drug-likeness (QED) is 0.660. The first-order valence-corrected chi connectivity index (χ1v) is 6.46. The van der Waals surface area contributed by atoms with Crippen molar-refractivity contribution in [2.45, 2.75) is 6.42 Å². The van der Waals surface area contributed by atoms with Gasteiger partial charge in [0, 0.05) is 31.8 Å². The van der Waals surface area contributed by atoms with Gasteiger partial charge in [0.15, 0.2) is 0 Å². The summed E-state index contributed by atoms with van der Waals surface area (Å²) >= 11 is 0. The fraction of sp³-hybridized carbons (Fsp3) is 0.462. The van der Waals surface area contributed by atoms with Crippen molar-refractivity contribution in [3.05, 3.63) is 33.9 Å². The Kier molecular flexibility index (Phi) is 4.52. The molecule has 1 aromatic rings. The van der Waals surface area contributed by atoms with E-state index in [4.69, 9.17) is 4.74 Å². The molecule has 0 spiro atoms. The van der Waals surface area contributed by atoms with Gasteiger partial charge in [-0.1, -0.05) is 0 Å². The average Bonchev–Trinajstić information content (AvgIpc) is 2.74. The Bertz CT molecular complexity index is 510. The minimum atomic E-state index is -0.514. The lowest BCUT2D eigenvalue weighted by Gasteiger charge is -2.21. The van der Waals surface area contributed by atoms with Gasteiger partial charge in [-0.2, -0.15) is 0 Å². The van der Waals surface area contributed by atoms with Crippen molar-refractivity contribution in [3.8, 4) is 5.75 Å². The molecule has 108 valence electrons. The highest BCUT2D eigenvalue weighted by molar-refractivity contribution is 5.97. The molecule has 1 aliphatic rings. The summed E-state index contributed by atoms with van der Waals surface area (Å²) in [4.78, 5) is 24.5. The topological polar surface area (TPSA) is 84.7 Å². The Balaban J connectivity index is 2.31. The minimum Gasteiger partial charge on any atom is -0.496 e. The number of nitrogens with zero attached hydrogens (tertiary/aromatic N) is 2. The third-order valence-corrected chi connectivity index (χ3v) is 3.25. The van der Waals surface area contributed by atoms with Gasteiger partial charge in [-0.05, 0) is 19.0 Å². The number of ether oxygens (including phenoxy) is 1. The number of nitrogens with one attached hydrogen (secondary N) is 1. The van der Waals surface area contributed by atoms with Crippen molar-refractivity contribution in [1.29, 1.82) is 0 Å². The highest BCUT2D eigenvalue weighted by Gasteiger charge is 2.23. The van der Waals surface area contributed by atoms with E-state index in [1.165, 1.54) is 25.3 Å². The highest BCUT2D eigenvalue weighted by atomic mass is 16.6. The van der Waals surface area contributed by atoms with Crippen molar-refractivity contribution in [1.82, 2.24) is 10.2 Å². The molecule has 0 aromatic heterocycles. The van der Waals surface area contributed by atoms with Gasteiger partial charge in [0.05, 0.1) is 17.6 Å². The van der Waals surface area contributed by atoms with E-state index in [0.717, 1.165) is 19.5 Å². The number of rotatable bonds is 3. The molecule has 7 heteroatoms. The van der Waals surface area contributed by atoms with Crippen LogP contribution in [-0.4, -0.2) is 49.0 Å². The number of non-ortho nitro benzene ring substituents is 1. The van der Waals surface area contributed by atoms with Crippen LogP contribution in [0.5, 0.6) is 5.75 Å². The van der Waals surface area contributed by atoms with Crippen LogP contribution in [0.1, 0.15) is 16.8 Å². The lowest BCUT2D eigenvalue weighted by atomic mass is 10.1. The molecule has 1 saturated heterocycles. The van der Waals surface area contributed by atoms with Crippen LogP contribution in [-0.2, 0) is 0 Å². The summed E-state index contributed by atoms with van der Waals surface area (Å²) < 4.78 is 5.14. The van der Waals surface area contributed by atoms with E-state index in [1.807, 2.05) is 0 Å². The average molecular weight is 279 g/mol. The normalized spacial score (nSPS) is 15.6. The molecular formula is C13H17N3O4. The Labute approximate surface area is 116 Å². The van der Waals surface area contributed by atoms with Gasteiger partial charge in [-0.25, -0.2) is 0 Å². The molecule has 0 radical (unpaired) electrons. The monoisotopic (exact) mass is 279 g/mol. The van der Waals surface area contributed by atoms with E-state index < -0.39 is 4.92 Å². The lowest BCUT2D eigenvalue weighted by molar-refractivity contribution is -0.384. The maximum Gasteiger partial charge on any atom is 0.270 e. The molecule has 0 bridgehead atoms. The molecule has 1 heterocycles. The van der Waals surface area contributed by atoms with E-state index in [9.17, 15) is 14.9 Å². The van der Waals surface area contributed by atoms with Crippen LogP contribution in [0.3, 0.4) is 0 Å². The number of nitro benzene ring substituents is 1. The largest absolute Gasteiger partial charge is 0.496 e. The molecule has 1 aromatic carbocycles. The zero-order valence-corrected chi connectivity index (χ0v) is 11.3. The first-order valence-electron chi connectivity index (χ1n) is 6.46. The lowest BCUT2D eigenvalue weighted by Crippen LogP contribution is -2.34. The molecule has 1 amide bonds. The van der Waals surface area contributed by atoms with Gasteiger partial charge < -0.3 is 15.0 Å². The van der Waals surface area contributed by atoms with Crippen molar-refractivity contribution in [3.63, 3.8) is 0 Å². The maximum atomic E-state index is 12.5. The second kappa shape index (κ2) is 6.33. The molecule has 0 unspecified atom stereocenters. The summed E-state index contributed by atoms with van der Waals surface area (Å²) in [6.45, 7) is 2.82. The number of hydrogen-bond acceptors (Lipinski definition) is 5. The molecule has 1 aliphatic heterocycles. The maximum absolute atomic E-state index is 12.5. The summed E-state index contributed by atoms with van der Waals surface area (Å²) in [5, 5.41) is 14.0. The molecule has 20 heavy (non-hydrogen) atoms. The van der Waals surface area contributed by atoms with E-state index in [0.29, 0.717) is 18.8 Å². The molecular weight excluding hydrogens is 262 g/mol. The van der Waals surface area contributed by atoms with E-state index >= 15 is 0 Å². The second-order valence-corrected chi connectivity index (χ2v) is 4.54. The summed E-state index contributed by atoms with van der Waals surface area (Å²) in [6, 6.07) is 4.07. The Morgan fingerprint density at radius 2 is 2.20 bits per heavy atom. The standard InChI is InChI=1S/C13H17N3O4/c1-20-12-4-3-10(16(18)19)9-11(12)13(17)15-7-2-5-14-6-8-15/h3-4,9,14H,2,5-8H2,1H3. The van der Waals surface area contributed by atoms with Crippen molar-refractivity contribution in [2.24, 2.45) is 0 Å². The second-order valence-electron chi connectivity index (χ2n) is 4.54. The highest BCUT2D eigenvalue weighted by Crippen LogP contribution is 2.25. The summed E-state index contributed by atoms with van der Waals surface area (Å²) in [5.74, 6) is 0.132. The van der Waals surface area contributed by atoms with Gasteiger partial charge in [0.2, 0.25) is 0 Å². The van der Waals surface area contributed by atoms with Crippen molar-refractivity contribution in [2.75, 3.05) is 33.3 Å². The smallest absolute Gasteiger partial charge is 0.270 e. The molecule has 0 atom stereocenters. The number of carbonyl (C=O) groups excluding carboxylic acids is 1. The molecule has 7 nitrogen and oxygen atoms in total.